The Bertz CT molecular complexity index is 788. The van der Waals surface area contributed by atoms with Gasteiger partial charge in [0.1, 0.15) is 28.2 Å². The van der Waals surface area contributed by atoms with Gasteiger partial charge in [0.2, 0.25) is 5.88 Å². The summed E-state index contributed by atoms with van der Waals surface area (Å²) >= 11 is 1.59. The monoisotopic (exact) mass is 316 g/mol. The molecule has 5 nitrogen and oxygen atoms in total. The Balaban J connectivity index is 2.32. The third-order valence-corrected chi connectivity index (χ3v) is 4.07. The normalized spacial score (nSPS) is 10.7. The van der Waals surface area contributed by atoms with Crippen LogP contribution >= 0.6 is 11.3 Å². The van der Waals surface area contributed by atoms with Crippen molar-refractivity contribution in [1.29, 1.82) is 0 Å². The summed E-state index contributed by atoms with van der Waals surface area (Å²) in [5.74, 6) is 1.80. The standard InChI is InChI=1S/C16H16N2O3S/c1-4-21-16-15(12-6-5-9-22-12)17-13-10(19-2)7-8-11(20-3)14(13)18-16/h5-9H,4H2,1-3H3. The first-order valence-electron chi connectivity index (χ1n) is 6.87. The Morgan fingerprint density at radius 1 is 1.00 bits per heavy atom. The lowest BCUT2D eigenvalue weighted by Crippen LogP contribution is -2.01. The molecule has 2 heterocycles. The molecule has 0 aliphatic heterocycles. The van der Waals surface area contributed by atoms with Crippen LogP contribution in [0.3, 0.4) is 0 Å². The zero-order valence-electron chi connectivity index (χ0n) is 12.6. The Morgan fingerprint density at radius 2 is 1.68 bits per heavy atom. The molecule has 0 amide bonds. The van der Waals surface area contributed by atoms with Crippen molar-refractivity contribution in [1.82, 2.24) is 9.97 Å². The van der Waals surface area contributed by atoms with Gasteiger partial charge in [0.05, 0.1) is 25.7 Å². The van der Waals surface area contributed by atoms with E-state index in [9.17, 15) is 0 Å². The van der Waals surface area contributed by atoms with Crippen molar-refractivity contribution in [3.05, 3.63) is 29.6 Å². The van der Waals surface area contributed by atoms with Crippen molar-refractivity contribution in [2.45, 2.75) is 6.92 Å². The number of methoxy groups -OCH3 is 2. The number of thiophene rings is 1. The van der Waals surface area contributed by atoms with Gasteiger partial charge in [-0.3, -0.25) is 0 Å². The highest BCUT2D eigenvalue weighted by Crippen LogP contribution is 2.37. The molecular formula is C16H16N2O3S. The summed E-state index contributed by atoms with van der Waals surface area (Å²) < 4.78 is 16.5. The van der Waals surface area contributed by atoms with Gasteiger partial charge in [-0.1, -0.05) is 6.07 Å². The van der Waals surface area contributed by atoms with Crippen molar-refractivity contribution in [3.63, 3.8) is 0 Å². The van der Waals surface area contributed by atoms with E-state index in [1.807, 2.05) is 36.6 Å². The molecule has 0 unspecified atom stereocenters. The minimum atomic E-state index is 0.504. The lowest BCUT2D eigenvalue weighted by Gasteiger charge is -2.12. The number of hydrogen-bond donors (Lipinski definition) is 0. The molecule has 0 bridgehead atoms. The van der Waals surface area contributed by atoms with Gasteiger partial charge in [-0.15, -0.1) is 11.3 Å². The van der Waals surface area contributed by atoms with Gasteiger partial charge >= 0.3 is 0 Å². The first kappa shape index (κ1) is 14.6. The maximum absolute atomic E-state index is 5.68. The van der Waals surface area contributed by atoms with Crippen LogP contribution in [0, 0.1) is 0 Å². The number of aromatic nitrogens is 2. The van der Waals surface area contributed by atoms with Crippen LogP contribution < -0.4 is 14.2 Å². The molecule has 0 saturated heterocycles. The SMILES string of the molecule is CCOc1nc2c(OC)ccc(OC)c2nc1-c1cccs1. The minimum absolute atomic E-state index is 0.504. The number of fused-ring (bicyclic) bond motifs is 1. The van der Waals surface area contributed by atoms with Crippen LogP contribution in [-0.4, -0.2) is 30.8 Å². The summed E-state index contributed by atoms with van der Waals surface area (Å²) in [5, 5.41) is 2.00. The maximum atomic E-state index is 5.68. The Hall–Kier alpha value is -2.34. The van der Waals surface area contributed by atoms with Gasteiger partial charge in [-0.25, -0.2) is 9.97 Å². The average molecular weight is 316 g/mol. The molecule has 0 spiro atoms. The van der Waals surface area contributed by atoms with Crippen LogP contribution in [0.5, 0.6) is 17.4 Å². The van der Waals surface area contributed by atoms with Crippen molar-refractivity contribution in [2.75, 3.05) is 20.8 Å². The number of hydrogen-bond acceptors (Lipinski definition) is 6. The summed E-state index contributed by atoms with van der Waals surface area (Å²) in [7, 11) is 3.22. The van der Waals surface area contributed by atoms with E-state index < -0.39 is 0 Å². The molecule has 6 heteroatoms. The first-order valence-corrected chi connectivity index (χ1v) is 7.75. The molecule has 3 rings (SSSR count). The zero-order chi connectivity index (χ0) is 15.5. The second kappa shape index (κ2) is 6.19. The van der Waals surface area contributed by atoms with E-state index in [1.165, 1.54) is 0 Å². The highest BCUT2D eigenvalue weighted by Gasteiger charge is 2.18. The molecule has 0 atom stereocenters. The topological polar surface area (TPSA) is 53.5 Å². The highest BCUT2D eigenvalue weighted by atomic mass is 32.1. The van der Waals surface area contributed by atoms with Gasteiger partial charge in [-0.2, -0.15) is 0 Å². The fourth-order valence-corrected chi connectivity index (χ4v) is 2.92. The molecule has 2 aromatic heterocycles. The fourth-order valence-electron chi connectivity index (χ4n) is 2.21. The lowest BCUT2D eigenvalue weighted by atomic mass is 10.2. The van der Waals surface area contributed by atoms with Crippen LogP contribution in [-0.2, 0) is 0 Å². The molecule has 22 heavy (non-hydrogen) atoms. The van der Waals surface area contributed by atoms with Crippen molar-refractivity contribution in [2.24, 2.45) is 0 Å². The quantitative estimate of drug-likeness (QED) is 0.717. The molecule has 3 aromatic rings. The minimum Gasteiger partial charge on any atom is -0.494 e. The third kappa shape index (κ3) is 2.46. The predicted molar refractivity (Wildman–Crippen MR) is 87.1 cm³/mol. The smallest absolute Gasteiger partial charge is 0.242 e. The number of rotatable bonds is 5. The lowest BCUT2D eigenvalue weighted by molar-refractivity contribution is 0.328. The molecule has 114 valence electrons. The summed E-state index contributed by atoms with van der Waals surface area (Å²) in [6.07, 6.45) is 0. The number of nitrogens with zero attached hydrogens (tertiary/aromatic N) is 2. The van der Waals surface area contributed by atoms with Gasteiger partial charge in [-0.05, 0) is 30.5 Å². The Kier molecular flexibility index (Phi) is 4.11. The summed E-state index contributed by atoms with van der Waals surface area (Å²) in [5.41, 5.74) is 2.01. The average Bonchev–Trinajstić information content (AvgIpc) is 3.07. The van der Waals surface area contributed by atoms with E-state index in [4.69, 9.17) is 19.2 Å². The molecule has 0 radical (unpaired) electrons. The summed E-state index contributed by atoms with van der Waals surface area (Å²) in [6.45, 7) is 2.44. The van der Waals surface area contributed by atoms with Gasteiger partial charge < -0.3 is 14.2 Å². The third-order valence-electron chi connectivity index (χ3n) is 3.19. The first-order chi connectivity index (χ1) is 10.8. The molecule has 0 saturated carbocycles. The summed E-state index contributed by atoms with van der Waals surface area (Å²) in [6, 6.07) is 7.62. The molecule has 1 aromatic carbocycles. The molecular weight excluding hydrogens is 300 g/mol. The number of benzene rings is 1. The van der Waals surface area contributed by atoms with Crippen LogP contribution in [0.4, 0.5) is 0 Å². The van der Waals surface area contributed by atoms with Crippen LogP contribution in [0.15, 0.2) is 29.6 Å². The van der Waals surface area contributed by atoms with E-state index >= 15 is 0 Å². The highest BCUT2D eigenvalue weighted by molar-refractivity contribution is 7.13. The van der Waals surface area contributed by atoms with Gasteiger partial charge in [0.25, 0.3) is 0 Å². The van der Waals surface area contributed by atoms with E-state index in [0.717, 1.165) is 10.6 Å². The van der Waals surface area contributed by atoms with E-state index in [1.54, 1.807) is 25.6 Å². The summed E-state index contributed by atoms with van der Waals surface area (Å²) in [4.78, 5) is 10.4. The van der Waals surface area contributed by atoms with Crippen LogP contribution in [0.25, 0.3) is 21.6 Å². The van der Waals surface area contributed by atoms with E-state index in [2.05, 4.69) is 4.98 Å². The fraction of sp³-hybridized carbons (Fsp3) is 0.250. The molecule has 0 N–H and O–H groups in total. The second-order valence-electron chi connectivity index (χ2n) is 4.45. The zero-order valence-corrected chi connectivity index (χ0v) is 13.4. The second-order valence-corrected chi connectivity index (χ2v) is 5.40. The van der Waals surface area contributed by atoms with E-state index in [0.29, 0.717) is 35.0 Å². The van der Waals surface area contributed by atoms with Crippen LogP contribution in [0.1, 0.15) is 6.92 Å². The Labute approximate surface area is 132 Å². The van der Waals surface area contributed by atoms with Crippen LogP contribution in [0.2, 0.25) is 0 Å². The van der Waals surface area contributed by atoms with E-state index in [-0.39, 0.29) is 0 Å². The van der Waals surface area contributed by atoms with Gasteiger partial charge in [0, 0.05) is 0 Å². The van der Waals surface area contributed by atoms with Crippen molar-refractivity contribution >= 4 is 22.4 Å². The maximum Gasteiger partial charge on any atom is 0.242 e. The molecule has 0 aliphatic rings. The van der Waals surface area contributed by atoms with Crippen molar-refractivity contribution in [3.8, 4) is 28.0 Å². The number of ether oxygens (including phenoxy) is 3. The Morgan fingerprint density at radius 3 is 2.23 bits per heavy atom. The van der Waals surface area contributed by atoms with Gasteiger partial charge in [0.15, 0.2) is 0 Å². The molecule has 0 aliphatic carbocycles. The largest absolute Gasteiger partial charge is 0.494 e. The van der Waals surface area contributed by atoms with Crippen molar-refractivity contribution < 1.29 is 14.2 Å². The molecule has 0 fully saturated rings. The predicted octanol–water partition coefficient (Wildman–Crippen LogP) is 3.77.